The van der Waals surface area contributed by atoms with Gasteiger partial charge in [0.25, 0.3) is 0 Å². The van der Waals surface area contributed by atoms with E-state index in [0.29, 0.717) is 16.7 Å². The highest BCUT2D eigenvalue weighted by molar-refractivity contribution is 7.15. The van der Waals surface area contributed by atoms with Gasteiger partial charge in [-0.05, 0) is 11.6 Å². The van der Waals surface area contributed by atoms with Gasteiger partial charge in [-0.15, -0.1) is 10.2 Å². The lowest BCUT2D eigenvalue weighted by Crippen LogP contribution is -2.20. The molecule has 1 aliphatic rings. The van der Waals surface area contributed by atoms with E-state index in [1.54, 1.807) is 7.11 Å². The average Bonchev–Trinajstić information content (AvgIpc) is 3.05. The number of para-hydroxylation sites is 1. The second-order valence-corrected chi connectivity index (χ2v) is 5.88. The van der Waals surface area contributed by atoms with E-state index < -0.39 is 5.92 Å². The molecule has 0 spiro atoms. The summed E-state index contributed by atoms with van der Waals surface area (Å²) in [6, 6.07) is 7.38. The number of amides is 2. The van der Waals surface area contributed by atoms with E-state index in [1.807, 2.05) is 24.3 Å². The highest BCUT2D eigenvalue weighted by Crippen LogP contribution is 2.34. The molecule has 114 valence electrons. The summed E-state index contributed by atoms with van der Waals surface area (Å²) >= 11 is 1.25. The Labute approximate surface area is 130 Å². The van der Waals surface area contributed by atoms with Crippen molar-refractivity contribution < 1.29 is 14.3 Å². The molecule has 2 N–H and O–H groups in total. The van der Waals surface area contributed by atoms with Crippen LogP contribution < -0.4 is 10.6 Å². The molecule has 0 unspecified atom stereocenters. The molecule has 1 atom stereocenters. The Balaban J connectivity index is 1.65. The van der Waals surface area contributed by atoms with Crippen LogP contribution in [-0.4, -0.2) is 29.1 Å². The van der Waals surface area contributed by atoms with Crippen LogP contribution in [0.3, 0.4) is 0 Å². The van der Waals surface area contributed by atoms with Crippen LogP contribution in [0.2, 0.25) is 0 Å². The van der Waals surface area contributed by atoms with Crippen LogP contribution in [0.4, 0.5) is 10.8 Å². The number of ether oxygens (including phenoxy) is 1. The third kappa shape index (κ3) is 2.97. The van der Waals surface area contributed by atoms with Crippen LogP contribution in [-0.2, 0) is 20.9 Å². The van der Waals surface area contributed by atoms with Gasteiger partial charge in [-0.1, -0.05) is 29.5 Å². The molecule has 1 aliphatic heterocycles. The Morgan fingerprint density at radius 3 is 3.05 bits per heavy atom. The summed E-state index contributed by atoms with van der Waals surface area (Å²) in [4.78, 5) is 24.1. The van der Waals surface area contributed by atoms with Gasteiger partial charge in [0, 0.05) is 19.2 Å². The zero-order chi connectivity index (χ0) is 15.5. The molecule has 2 heterocycles. The highest BCUT2D eigenvalue weighted by atomic mass is 32.1. The molecule has 7 nitrogen and oxygen atoms in total. The number of nitrogens with one attached hydrogen (secondary N) is 2. The van der Waals surface area contributed by atoms with Crippen LogP contribution in [0.1, 0.15) is 22.9 Å². The summed E-state index contributed by atoms with van der Waals surface area (Å²) in [6.07, 6.45) is 0.0715. The van der Waals surface area contributed by atoms with E-state index in [1.165, 1.54) is 11.3 Å². The third-order valence-corrected chi connectivity index (χ3v) is 4.09. The van der Waals surface area contributed by atoms with E-state index >= 15 is 0 Å². The first-order valence-corrected chi connectivity index (χ1v) is 7.50. The van der Waals surface area contributed by atoms with Crippen LogP contribution >= 0.6 is 11.3 Å². The number of methoxy groups -OCH3 is 1. The smallest absolute Gasteiger partial charge is 0.232 e. The maximum absolute atomic E-state index is 12.1. The second kappa shape index (κ2) is 6.20. The number of hydrogen-bond acceptors (Lipinski definition) is 6. The molecule has 1 aromatic heterocycles. The number of carbonyl (C=O) groups is 2. The minimum atomic E-state index is -0.470. The molecule has 0 bridgehead atoms. The number of fused-ring (bicyclic) bond motifs is 1. The number of nitrogens with zero attached hydrogens (tertiary/aromatic N) is 2. The Morgan fingerprint density at radius 1 is 1.41 bits per heavy atom. The fraction of sp³-hybridized carbons (Fsp3) is 0.286. The Hall–Kier alpha value is -2.32. The molecular formula is C14H14N4O3S. The molecule has 22 heavy (non-hydrogen) atoms. The van der Waals surface area contributed by atoms with Crippen molar-refractivity contribution in [3.05, 3.63) is 34.8 Å². The first-order chi connectivity index (χ1) is 10.7. The van der Waals surface area contributed by atoms with Crippen molar-refractivity contribution in [1.82, 2.24) is 10.2 Å². The lowest BCUT2D eigenvalue weighted by Gasteiger charge is -2.07. The van der Waals surface area contributed by atoms with Crippen molar-refractivity contribution in [2.45, 2.75) is 18.9 Å². The van der Waals surface area contributed by atoms with Gasteiger partial charge in [0.2, 0.25) is 16.9 Å². The van der Waals surface area contributed by atoms with Crippen molar-refractivity contribution >= 4 is 34.0 Å². The van der Waals surface area contributed by atoms with Crippen molar-refractivity contribution in [3.63, 3.8) is 0 Å². The molecule has 0 aliphatic carbocycles. The molecule has 8 heteroatoms. The predicted molar refractivity (Wildman–Crippen MR) is 81.7 cm³/mol. The highest BCUT2D eigenvalue weighted by Gasteiger charge is 2.32. The number of anilines is 2. The quantitative estimate of drug-likeness (QED) is 0.876. The Kier molecular flexibility index (Phi) is 4.12. The van der Waals surface area contributed by atoms with Gasteiger partial charge in [-0.25, -0.2) is 0 Å². The molecule has 2 aromatic rings. The zero-order valence-corrected chi connectivity index (χ0v) is 12.6. The zero-order valence-electron chi connectivity index (χ0n) is 11.8. The SMILES string of the molecule is COCc1nnc(NC(=O)C[C@@H]2C(=O)Nc3ccccc32)s1. The summed E-state index contributed by atoms with van der Waals surface area (Å²) in [5.41, 5.74) is 1.61. The van der Waals surface area contributed by atoms with Crippen LogP contribution in [0.5, 0.6) is 0 Å². The maximum atomic E-state index is 12.1. The molecule has 0 fully saturated rings. The first kappa shape index (κ1) is 14.6. The van der Waals surface area contributed by atoms with Crippen LogP contribution in [0.25, 0.3) is 0 Å². The first-order valence-electron chi connectivity index (χ1n) is 6.68. The fourth-order valence-corrected chi connectivity index (χ4v) is 3.05. The molecule has 3 rings (SSSR count). The summed E-state index contributed by atoms with van der Waals surface area (Å²) in [5, 5.41) is 14.3. The minimum absolute atomic E-state index is 0.0715. The largest absolute Gasteiger partial charge is 0.377 e. The molecule has 1 aromatic carbocycles. The molecular weight excluding hydrogens is 304 g/mol. The van der Waals surface area contributed by atoms with Gasteiger partial charge in [-0.3, -0.25) is 9.59 Å². The summed E-state index contributed by atoms with van der Waals surface area (Å²) in [7, 11) is 1.57. The summed E-state index contributed by atoms with van der Waals surface area (Å²) < 4.78 is 4.95. The number of aromatic nitrogens is 2. The van der Waals surface area contributed by atoms with E-state index in [2.05, 4.69) is 20.8 Å². The van der Waals surface area contributed by atoms with E-state index in [0.717, 1.165) is 11.3 Å². The van der Waals surface area contributed by atoms with Gasteiger partial charge in [0.1, 0.15) is 11.6 Å². The van der Waals surface area contributed by atoms with Gasteiger partial charge in [0.15, 0.2) is 0 Å². The molecule has 0 saturated heterocycles. The van der Waals surface area contributed by atoms with Gasteiger partial charge >= 0.3 is 0 Å². The van der Waals surface area contributed by atoms with Crippen LogP contribution in [0, 0.1) is 0 Å². The lowest BCUT2D eigenvalue weighted by molar-refractivity contribution is -0.122. The van der Waals surface area contributed by atoms with Crippen molar-refractivity contribution in [3.8, 4) is 0 Å². The number of carbonyl (C=O) groups excluding carboxylic acids is 2. The Bertz CT molecular complexity index is 716. The topological polar surface area (TPSA) is 93.2 Å². The van der Waals surface area contributed by atoms with E-state index in [-0.39, 0.29) is 18.2 Å². The molecule has 0 radical (unpaired) electrons. The van der Waals surface area contributed by atoms with Crippen molar-refractivity contribution in [2.75, 3.05) is 17.7 Å². The molecule has 0 saturated carbocycles. The second-order valence-electron chi connectivity index (χ2n) is 4.82. The third-order valence-electron chi connectivity index (χ3n) is 3.28. The van der Waals surface area contributed by atoms with Crippen molar-refractivity contribution in [1.29, 1.82) is 0 Å². The van der Waals surface area contributed by atoms with E-state index in [4.69, 9.17) is 4.74 Å². The van der Waals surface area contributed by atoms with Crippen molar-refractivity contribution in [2.24, 2.45) is 0 Å². The fourth-order valence-electron chi connectivity index (χ4n) is 2.32. The number of hydrogen-bond donors (Lipinski definition) is 2. The number of benzene rings is 1. The maximum Gasteiger partial charge on any atom is 0.232 e. The van der Waals surface area contributed by atoms with Gasteiger partial charge in [0.05, 0.1) is 5.92 Å². The minimum Gasteiger partial charge on any atom is -0.377 e. The van der Waals surface area contributed by atoms with Gasteiger partial charge in [-0.2, -0.15) is 0 Å². The predicted octanol–water partition coefficient (Wildman–Crippen LogP) is 1.75. The average molecular weight is 318 g/mol. The van der Waals surface area contributed by atoms with Crippen LogP contribution in [0.15, 0.2) is 24.3 Å². The molecule has 2 amide bonds. The standard InChI is InChI=1S/C14H14N4O3S/c1-21-7-12-17-18-14(22-12)16-11(19)6-9-8-4-2-3-5-10(8)15-13(9)20/h2-5,9H,6-7H2,1H3,(H,15,20)(H,16,18,19)/t9-/m0/s1. The normalized spacial score (nSPS) is 16.2. The monoisotopic (exact) mass is 318 g/mol. The van der Waals surface area contributed by atoms with Gasteiger partial charge < -0.3 is 15.4 Å². The summed E-state index contributed by atoms with van der Waals surface area (Å²) in [5.74, 6) is -0.895. The Morgan fingerprint density at radius 2 is 2.23 bits per heavy atom. The van der Waals surface area contributed by atoms with E-state index in [9.17, 15) is 9.59 Å². The lowest BCUT2D eigenvalue weighted by atomic mass is 9.97. The number of rotatable bonds is 5. The summed E-state index contributed by atoms with van der Waals surface area (Å²) in [6.45, 7) is 0.353.